The van der Waals surface area contributed by atoms with E-state index in [1.54, 1.807) is 0 Å². The van der Waals surface area contributed by atoms with E-state index < -0.39 is 15.8 Å². The van der Waals surface area contributed by atoms with Gasteiger partial charge in [-0.2, -0.15) is 0 Å². The number of rotatable bonds is 4. The zero-order valence-corrected chi connectivity index (χ0v) is 12.3. The molecule has 1 aliphatic heterocycles. The molecule has 0 saturated carbocycles. The molecule has 112 valence electrons. The van der Waals surface area contributed by atoms with Crippen molar-refractivity contribution in [3.05, 3.63) is 24.0 Å². The molecular formula is C13H20FN3O2S. The summed E-state index contributed by atoms with van der Waals surface area (Å²) in [4.78, 5) is 2.07. The van der Waals surface area contributed by atoms with Crippen molar-refractivity contribution in [2.45, 2.75) is 17.7 Å². The Morgan fingerprint density at radius 3 is 2.60 bits per heavy atom. The van der Waals surface area contributed by atoms with Crippen molar-refractivity contribution in [1.29, 1.82) is 0 Å². The lowest BCUT2D eigenvalue weighted by Crippen LogP contribution is -2.33. The number of halogens is 1. The van der Waals surface area contributed by atoms with Gasteiger partial charge in [-0.05, 0) is 57.1 Å². The Balaban J connectivity index is 1.97. The van der Waals surface area contributed by atoms with Gasteiger partial charge in [0.05, 0.1) is 10.6 Å². The maximum Gasteiger partial charge on any atom is 0.238 e. The van der Waals surface area contributed by atoms with E-state index in [2.05, 4.69) is 17.3 Å². The molecule has 0 atom stereocenters. The van der Waals surface area contributed by atoms with E-state index in [1.807, 2.05) is 0 Å². The van der Waals surface area contributed by atoms with Crippen molar-refractivity contribution in [2.75, 3.05) is 32.0 Å². The highest BCUT2D eigenvalue weighted by atomic mass is 32.2. The molecule has 1 aromatic carbocycles. The predicted molar refractivity (Wildman–Crippen MR) is 76.5 cm³/mol. The molecule has 0 spiro atoms. The number of hydrogen-bond donors (Lipinski definition) is 2. The lowest BCUT2D eigenvalue weighted by Gasteiger charge is -2.29. The second-order valence-corrected chi connectivity index (χ2v) is 6.88. The predicted octanol–water partition coefficient (Wildman–Crippen LogP) is 1.23. The van der Waals surface area contributed by atoms with Crippen LogP contribution in [-0.2, 0) is 10.0 Å². The summed E-state index contributed by atoms with van der Waals surface area (Å²) < 4.78 is 36.0. The van der Waals surface area contributed by atoms with E-state index in [-0.39, 0.29) is 4.90 Å². The van der Waals surface area contributed by atoms with Crippen molar-refractivity contribution in [2.24, 2.45) is 11.1 Å². The number of hydrogen-bond acceptors (Lipinski definition) is 4. The molecule has 0 aromatic heterocycles. The van der Waals surface area contributed by atoms with Crippen molar-refractivity contribution >= 4 is 15.7 Å². The molecule has 2 rings (SSSR count). The van der Waals surface area contributed by atoms with E-state index in [4.69, 9.17) is 5.14 Å². The topological polar surface area (TPSA) is 75.4 Å². The maximum absolute atomic E-state index is 13.8. The number of sulfonamides is 1. The highest BCUT2D eigenvalue weighted by Crippen LogP contribution is 2.21. The van der Waals surface area contributed by atoms with Crippen LogP contribution in [0.15, 0.2) is 23.1 Å². The van der Waals surface area contributed by atoms with Gasteiger partial charge < -0.3 is 10.2 Å². The van der Waals surface area contributed by atoms with Gasteiger partial charge in [-0.3, -0.25) is 0 Å². The first-order chi connectivity index (χ1) is 9.36. The van der Waals surface area contributed by atoms with Crippen LogP contribution in [0, 0.1) is 11.7 Å². The minimum Gasteiger partial charge on any atom is -0.382 e. The van der Waals surface area contributed by atoms with Crippen LogP contribution < -0.4 is 10.5 Å². The van der Waals surface area contributed by atoms with Crippen LogP contribution in [0.25, 0.3) is 0 Å². The largest absolute Gasteiger partial charge is 0.382 e. The molecule has 0 amide bonds. The summed E-state index contributed by atoms with van der Waals surface area (Å²) in [7, 11) is -1.76. The van der Waals surface area contributed by atoms with Crippen molar-refractivity contribution in [1.82, 2.24) is 4.90 Å². The van der Waals surface area contributed by atoms with Crippen LogP contribution in [-0.4, -0.2) is 40.0 Å². The molecule has 1 saturated heterocycles. The Bertz CT molecular complexity index is 569. The van der Waals surface area contributed by atoms with Crippen LogP contribution in [0.2, 0.25) is 0 Å². The smallest absolute Gasteiger partial charge is 0.238 e. The van der Waals surface area contributed by atoms with Crippen LogP contribution in [0.3, 0.4) is 0 Å². The zero-order chi connectivity index (χ0) is 14.8. The molecule has 0 radical (unpaired) electrons. The molecule has 0 bridgehead atoms. The SMILES string of the molecule is CN1CCC(CNc2ccc(S(N)(=O)=O)cc2F)CC1. The summed E-state index contributed by atoms with van der Waals surface area (Å²) in [6.45, 7) is 2.80. The standard InChI is InChI=1S/C13H20FN3O2S/c1-17-6-4-10(5-7-17)9-16-13-3-2-11(8-12(13)14)20(15,18)19/h2-3,8,10,16H,4-7,9H2,1H3,(H2,15,18,19). The minimum atomic E-state index is -3.86. The number of nitrogens with zero attached hydrogens (tertiary/aromatic N) is 1. The van der Waals surface area contributed by atoms with Gasteiger partial charge in [0.1, 0.15) is 5.82 Å². The van der Waals surface area contributed by atoms with Crippen LogP contribution in [0.1, 0.15) is 12.8 Å². The Morgan fingerprint density at radius 1 is 1.40 bits per heavy atom. The lowest BCUT2D eigenvalue weighted by atomic mass is 9.97. The van der Waals surface area contributed by atoms with Crippen molar-refractivity contribution in [3.63, 3.8) is 0 Å². The molecule has 3 N–H and O–H groups in total. The summed E-state index contributed by atoms with van der Waals surface area (Å²) in [5.41, 5.74) is 0.316. The molecular weight excluding hydrogens is 281 g/mol. The summed E-state index contributed by atoms with van der Waals surface area (Å²) in [6, 6.07) is 3.69. The van der Waals surface area contributed by atoms with Crippen LogP contribution in [0.4, 0.5) is 10.1 Å². The second kappa shape index (κ2) is 6.07. The fourth-order valence-corrected chi connectivity index (χ4v) is 2.86. The number of piperidine rings is 1. The average Bonchev–Trinajstić information content (AvgIpc) is 2.38. The molecule has 1 heterocycles. The third kappa shape index (κ3) is 3.91. The molecule has 5 nitrogen and oxygen atoms in total. The van der Waals surface area contributed by atoms with Crippen molar-refractivity contribution in [3.8, 4) is 0 Å². The molecule has 0 aliphatic carbocycles. The maximum atomic E-state index is 13.8. The van der Waals surface area contributed by atoms with E-state index in [0.717, 1.165) is 32.0 Å². The van der Waals surface area contributed by atoms with Gasteiger partial charge in [0.25, 0.3) is 0 Å². The number of primary sulfonamides is 1. The number of nitrogens with two attached hydrogens (primary N) is 1. The van der Waals surface area contributed by atoms with Crippen LogP contribution in [0.5, 0.6) is 0 Å². The monoisotopic (exact) mass is 301 g/mol. The van der Waals surface area contributed by atoms with Gasteiger partial charge in [0, 0.05) is 6.54 Å². The van der Waals surface area contributed by atoms with E-state index in [0.29, 0.717) is 18.2 Å². The fourth-order valence-electron chi connectivity index (χ4n) is 2.34. The Labute approximate surface area is 119 Å². The Morgan fingerprint density at radius 2 is 2.05 bits per heavy atom. The minimum absolute atomic E-state index is 0.208. The first kappa shape index (κ1) is 15.2. The van der Waals surface area contributed by atoms with Crippen LogP contribution >= 0.6 is 0 Å². The van der Waals surface area contributed by atoms with E-state index >= 15 is 0 Å². The summed E-state index contributed by atoms with van der Waals surface area (Å²) in [5.74, 6) is -0.0760. The van der Waals surface area contributed by atoms with E-state index in [1.165, 1.54) is 12.1 Å². The number of anilines is 1. The molecule has 7 heteroatoms. The second-order valence-electron chi connectivity index (χ2n) is 5.31. The number of benzene rings is 1. The van der Waals surface area contributed by atoms with Gasteiger partial charge >= 0.3 is 0 Å². The van der Waals surface area contributed by atoms with Gasteiger partial charge in [-0.15, -0.1) is 0 Å². The van der Waals surface area contributed by atoms with Gasteiger partial charge in [-0.25, -0.2) is 17.9 Å². The van der Waals surface area contributed by atoms with Gasteiger partial charge in [-0.1, -0.05) is 0 Å². The Hall–Kier alpha value is -1.18. The highest BCUT2D eigenvalue weighted by Gasteiger charge is 2.17. The normalized spacial score (nSPS) is 18.1. The average molecular weight is 301 g/mol. The van der Waals surface area contributed by atoms with Crippen molar-refractivity contribution < 1.29 is 12.8 Å². The van der Waals surface area contributed by atoms with Gasteiger partial charge in [0.15, 0.2) is 0 Å². The molecule has 20 heavy (non-hydrogen) atoms. The Kier molecular flexibility index (Phi) is 4.62. The first-order valence-corrected chi connectivity index (χ1v) is 8.15. The fraction of sp³-hybridized carbons (Fsp3) is 0.538. The summed E-state index contributed by atoms with van der Waals surface area (Å²) in [5, 5.41) is 8.01. The zero-order valence-electron chi connectivity index (χ0n) is 11.5. The number of likely N-dealkylation sites (tertiary alicyclic amines) is 1. The molecule has 1 fully saturated rings. The summed E-state index contributed by atoms with van der Waals surface area (Å²) >= 11 is 0. The number of nitrogens with one attached hydrogen (secondary N) is 1. The lowest BCUT2D eigenvalue weighted by molar-refractivity contribution is 0.226. The summed E-state index contributed by atoms with van der Waals surface area (Å²) in [6.07, 6.45) is 2.17. The van der Waals surface area contributed by atoms with Gasteiger partial charge in [0.2, 0.25) is 10.0 Å². The third-order valence-corrected chi connectivity index (χ3v) is 4.60. The first-order valence-electron chi connectivity index (χ1n) is 6.61. The molecule has 1 aromatic rings. The molecule has 0 unspecified atom stereocenters. The van der Waals surface area contributed by atoms with E-state index in [9.17, 15) is 12.8 Å². The molecule has 1 aliphatic rings. The quantitative estimate of drug-likeness (QED) is 0.877. The highest BCUT2D eigenvalue weighted by molar-refractivity contribution is 7.89. The third-order valence-electron chi connectivity index (χ3n) is 3.69.